The number of thiazole rings is 1. The number of thioether (sulfide) groups is 1. The molecule has 0 amide bonds. The molecule has 1 aliphatic carbocycles. The van der Waals surface area contributed by atoms with Crippen LogP contribution in [0.15, 0.2) is 69.7 Å². The molecule has 0 bridgehead atoms. The van der Waals surface area contributed by atoms with Gasteiger partial charge in [-0.05, 0) is 75.3 Å². The third kappa shape index (κ3) is 4.56. The second-order valence-electron chi connectivity index (χ2n) is 8.79. The molecule has 1 aromatic heterocycles. The molecule has 1 fully saturated rings. The zero-order valence-corrected chi connectivity index (χ0v) is 21.8. The van der Waals surface area contributed by atoms with Gasteiger partial charge in [-0.15, -0.1) is 0 Å². The molecule has 3 nitrogen and oxygen atoms in total. The summed E-state index contributed by atoms with van der Waals surface area (Å²) in [4.78, 5) is 13.5. The number of aryl methyl sites for hydroxylation is 1. The number of fused-ring (bicyclic) bond motifs is 2. The van der Waals surface area contributed by atoms with E-state index in [4.69, 9.17) is 4.74 Å². The molecule has 1 unspecified atom stereocenters. The van der Waals surface area contributed by atoms with Gasteiger partial charge in [0.25, 0.3) is 5.01 Å². The van der Waals surface area contributed by atoms with Crippen molar-refractivity contribution < 1.29 is 14.1 Å². The van der Waals surface area contributed by atoms with E-state index in [2.05, 4.69) is 79.0 Å². The Kier molecular flexibility index (Phi) is 6.74. The summed E-state index contributed by atoms with van der Waals surface area (Å²) < 4.78 is 10.1. The lowest BCUT2D eigenvalue weighted by molar-refractivity contribution is -0.642. The fraction of sp³-hybridized carbons (Fsp3) is 0.333. The topological polar surface area (TPSA) is 30.2 Å². The van der Waals surface area contributed by atoms with Crippen LogP contribution in [0.1, 0.15) is 30.7 Å². The van der Waals surface area contributed by atoms with Gasteiger partial charge in [-0.3, -0.25) is 4.79 Å². The highest BCUT2D eigenvalue weighted by Crippen LogP contribution is 2.57. The lowest BCUT2D eigenvalue weighted by Gasteiger charge is -2.28. The number of hydrogen-bond donors (Lipinski definition) is 0. The number of ether oxygens (including phenoxy) is 1. The van der Waals surface area contributed by atoms with Gasteiger partial charge in [0.2, 0.25) is 5.52 Å². The number of hydrogen-bond acceptors (Lipinski definition) is 4. The number of methoxy groups -OCH3 is 1. The summed E-state index contributed by atoms with van der Waals surface area (Å²) in [5.41, 5.74) is 2.68. The average Bonchev–Trinajstić information content (AvgIpc) is 3.34. The molecule has 0 spiro atoms. The number of rotatable bonds is 4. The number of aromatic nitrogens is 1. The van der Waals surface area contributed by atoms with Crippen molar-refractivity contribution in [3.05, 3.63) is 69.8 Å². The molecule has 2 aromatic carbocycles. The predicted molar refractivity (Wildman–Crippen MR) is 141 cm³/mol. The van der Waals surface area contributed by atoms with Crippen LogP contribution in [0.25, 0.3) is 16.3 Å². The summed E-state index contributed by atoms with van der Waals surface area (Å²) in [6.07, 6.45) is 8.76. The lowest BCUT2D eigenvalue weighted by Crippen LogP contribution is -2.29. The maximum Gasteiger partial charge on any atom is 0.308 e. The normalized spacial score (nSPS) is 24.3. The maximum atomic E-state index is 12.1. The van der Waals surface area contributed by atoms with Crippen molar-refractivity contribution in [1.29, 1.82) is 0 Å². The fourth-order valence-electron chi connectivity index (χ4n) is 4.89. The van der Waals surface area contributed by atoms with Gasteiger partial charge in [0.1, 0.15) is 11.7 Å². The van der Waals surface area contributed by atoms with Crippen LogP contribution in [0.5, 0.6) is 0 Å². The molecule has 2 aliphatic rings. The van der Waals surface area contributed by atoms with Gasteiger partial charge in [0.15, 0.2) is 0 Å². The molecule has 33 heavy (non-hydrogen) atoms. The van der Waals surface area contributed by atoms with Gasteiger partial charge in [-0.2, -0.15) is 4.57 Å². The Morgan fingerprint density at radius 1 is 1.06 bits per heavy atom. The summed E-state index contributed by atoms with van der Waals surface area (Å²) in [5.74, 6) is 0.470. The molecule has 1 aliphatic heterocycles. The second-order valence-corrected chi connectivity index (χ2v) is 13.3. The first kappa shape index (κ1) is 22.8. The molecular weight excluding hydrogens is 465 g/mol. The van der Waals surface area contributed by atoms with Crippen LogP contribution in [0, 0.1) is 11.8 Å². The van der Waals surface area contributed by atoms with Crippen molar-refractivity contribution in [1.82, 2.24) is 0 Å². The van der Waals surface area contributed by atoms with E-state index < -0.39 is 0 Å². The van der Waals surface area contributed by atoms with E-state index in [9.17, 15) is 4.79 Å². The minimum Gasteiger partial charge on any atom is -0.469 e. The van der Waals surface area contributed by atoms with E-state index in [1.807, 2.05) is 23.1 Å². The van der Waals surface area contributed by atoms with Gasteiger partial charge in [0, 0.05) is 21.7 Å². The highest BCUT2D eigenvalue weighted by Gasteiger charge is 2.30. The minimum absolute atomic E-state index is 0.0490. The van der Waals surface area contributed by atoms with E-state index in [0.717, 1.165) is 25.7 Å². The molecule has 1 atom stereocenters. The largest absolute Gasteiger partial charge is 0.469 e. The van der Waals surface area contributed by atoms with Crippen molar-refractivity contribution in [3.8, 4) is 0 Å². The molecule has 0 saturated heterocycles. The molecule has 2 heterocycles. The number of carbonyl (C=O) groups excluding carboxylic acids is 1. The van der Waals surface area contributed by atoms with Crippen LogP contribution < -0.4 is 9.87 Å². The van der Waals surface area contributed by atoms with Crippen molar-refractivity contribution in [2.45, 2.75) is 30.6 Å². The molecule has 0 N–H and O–H groups in total. The van der Waals surface area contributed by atoms with Crippen molar-refractivity contribution in [2.24, 2.45) is 18.9 Å². The Labute approximate surface area is 205 Å². The number of carbonyl (C=O) groups is 1. The quantitative estimate of drug-likeness (QED) is 0.236. The summed E-state index contributed by atoms with van der Waals surface area (Å²) in [7, 11) is 3.35. The Balaban J connectivity index is 1.51. The van der Waals surface area contributed by atoms with Crippen LogP contribution in [0.3, 0.4) is 0 Å². The average molecular weight is 495 g/mol. The molecule has 1 saturated carbocycles. The lowest BCUT2D eigenvalue weighted by atomic mass is 9.78. The van der Waals surface area contributed by atoms with Crippen LogP contribution in [-0.2, 0) is 16.6 Å². The monoisotopic (exact) mass is 494 g/mol. The summed E-state index contributed by atoms with van der Waals surface area (Å²) >= 11 is 3.79. The summed E-state index contributed by atoms with van der Waals surface area (Å²) in [5, 5.41) is 2.77. The molecule has 170 valence electrons. The molecule has 3 aromatic rings. The number of allylic oxidation sites excluding steroid dienone is 2. The van der Waals surface area contributed by atoms with Gasteiger partial charge in [-0.25, -0.2) is 0 Å². The van der Waals surface area contributed by atoms with E-state index in [1.54, 1.807) is 0 Å². The van der Waals surface area contributed by atoms with Gasteiger partial charge in [-0.1, -0.05) is 53.4 Å². The maximum absolute atomic E-state index is 12.1. The van der Waals surface area contributed by atoms with Gasteiger partial charge >= 0.3 is 5.97 Å². The summed E-state index contributed by atoms with van der Waals surface area (Å²) in [6, 6.07) is 17.4. The molecule has 6 heteroatoms. The van der Waals surface area contributed by atoms with E-state index in [-0.39, 0.29) is 19.8 Å². The van der Waals surface area contributed by atoms with Crippen LogP contribution >= 0.6 is 31.0 Å². The zero-order chi connectivity index (χ0) is 22.9. The highest BCUT2D eigenvalue weighted by atomic mass is 32.2. The first-order chi connectivity index (χ1) is 16.0. The van der Waals surface area contributed by atoms with E-state index >= 15 is 0 Å². The predicted octanol–water partition coefficient (Wildman–Crippen LogP) is 6.47. The first-order valence-corrected chi connectivity index (χ1v) is 14.9. The van der Waals surface area contributed by atoms with Crippen molar-refractivity contribution in [2.75, 3.05) is 13.8 Å². The highest BCUT2D eigenvalue weighted by molar-refractivity contribution is 8.14. The third-order valence-electron chi connectivity index (χ3n) is 6.86. The number of benzene rings is 2. The Morgan fingerprint density at radius 2 is 1.76 bits per heavy atom. The number of esters is 1. The first-order valence-electron chi connectivity index (χ1n) is 11.4. The van der Waals surface area contributed by atoms with Crippen molar-refractivity contribution >= 4 is 58.6 Å². The SMILES string of the molecule is COC(=O)C1CCC(C(=Cc2sc3ccccc3[n+]2C)C=C2Sc3ccccc3P2C)CC1. The molecule has 5 rings (SSSR count). The fourth-order valence-corrected chi connectivity index (χ4v) is 9.72. The van der Waals surface area contributed by atoms with Crippen LogP contribution in [0.4, 0.5) is 0 Å². The van der Waals surface area contributed by atoms with Gasteiger partial charge in [0.05, 0.1) is 13.0 Å². The van der Waals surface area contributed by atoms with Crippen LogP contribution in [-0.4, -0.2) is 19.7 Å². The Bertz CT molecular complexity index is 1250. The zero-order valence-electron chi connectivity index (χ0n) is 19.3. The molecular formula is C27H29NO2PS2+. The third-order valence-corrected chi connectivity index (χ3v) is 12.1. The Morgan fingerprint density at radius 3 is 2.48 bits per heavy atom. The standard InChI is InChI=1S/C27H29NO2PS2/c1-28-21-8-4-6-10-23(21)32-25(28)16-20(18-12-14-19(15-13-18)27(29)30-2)17-26-31(3)22-9-5-7-11-24(22)33-26/h4-11,16-19H,12-15H2,1-3H3/q+1. The summed E-state index contributed by atoms with van der Waals surface area (Å²) in [6.45, 7) is 2.38. The molecule has 0 radical (unpaired) electrons. The number of para-hydroxylation sites is 1. The van der Waals surface area contributed by atoms with Crippen LogP contribution in [0.2, 0.25) is 0 Å². The number of nitrogens with zero attached hydrogens (tertiary/aromatic N) is 1. The Hall–Kier alpha value is -1.94. The second kappa shape index (κ2) is 9.74. The van der Waals surface area contributed by atoms with Gasteiger partial charge < -0.3 is 4.74 Å². The smallest absolute Gasteiger partial charge is 0.308 e. The van der Waals surface area contributed by atoms with Crippen molar-refractivity contribution in [3.63, 3.8) is 0 Å². The van der Waals surface area contributed by atoms with E-state index in [1.165, 1.54) is 42.8 Å². The van der Waals surface area contributed by atoms with E-state index in [0.29, 0.717) is 5.92 Å². The minimum atomic E-state index is -0.316.